The number of aldehydes is 1. The van der Waals surface area contributed by atoms with Crippen molar-refractivity contribution in [3.63, 3.8) is 0 Å². The van der Waals surface area contributed by atoms with E-state index in [0.717, 1.165) is 22.2 Å². The van der Waals surface area contributed by atoms with E-state index in [2.05, 4.69) is 25.3 Å². The number of rotatable bonds is 2. The van der Waals surface area contributed by atoms with E-state index in [9.17, 15) is 4.79 Å². The van der Waals surface area contributed by atoms with Crippen LogP contribution in [0.3, 0.4) is 0 Å². The van der Waals surface area contributed by atoms with Crippen LogP contribution < -0.4 is 0 Å². The first-order valence-corrected chi connectivity index (χ1v) is 6.72. The maximum Gasteiger partial charge on any atom is 0.170 e. The lowest BCUT2D eigenvalue weighted by Crippen LogP contribution is -2.01. The number of nitrogens with zero attached hydrogens (tertiary/aromatic N) is 2. The van der Waals surface area contributed by atoms with E-state index in [1.54, 1.807) is 0 Å². The van der Waals surface area contributed by atoms with Gasteiger partial charge in [0.25, 0.3) is 0 Å². The Morgan fingerprint density at radius 2 is 2.12 bits per heavy atom. The highest BCUT2D eigenvalue weighted by Gasteiger charge is 2.23. The molecule has 1 aliphatic rings. The van der Waals surface area contributed by atoms with Gasteiger partial charge < -0.3 is 0 Å². The highest BCUT2D eigenvalue weighted by molar-refractivity contribution is 9.10. The van der Waals surface area contributed by atoms with Crippen molar-refractivity contribution >= 4 is 27.7 Å². The van der Waals surface area contributed by atoms with Gasteiger partial charge in [-0.05, 0) is 40.9 Å². The van der Waals surface area contributed by atoms with Crippen LogP contribution in [0.25, 0.3) is 5.52 Å². The van der Waals surface area contributed by atoms with Crippen LogP contribution in [0.4, 0.5) is 0 Å². The molecule has 0 N–H and O–H groups in total. The first-order valence-electron chi connectivity index (χ1n) is 5.93. The van der Waals surface area contributed by atoms with Crippen LogP contribution in [0.2, 0.25) is 0 Å². The Morgan fingerprint density at radius 1 is 1.35 bits per heavy atom. The molecular weight excluding hydrogens is 280 g/mol. The van der Waals surface area contributed by atoms with Crippen LogP contribution in [0.1, 0.15) is 47.9 Å². The van der Waals surface area contributed by atoms with Gasteiger partial charge in [-0.3, -0.25) is 9.20 Å². The number of carbonyl (C=O) groups excluding carboxylic acids is 1. The number of halogens is 1. The number of hydrogen-bond acceptors (Lipinski definition) is 2. The molecule has 0 aromatic carbocycles. The largest absolute Gasteiger partial charge is 0.296 e. The first kappa shape index (κ1) is 11.0. The molecule has 3 nitrogen and oxygen atoms in total. The second-order valence-corrected chi connectivity index (χ2v) is 5.34. The summed E-state index contributed by atoms with van der Waals surface area (Å²) in [6, 6.07) is 5.87. The first-order chi connectivity index (χ1) is 8.31. The summed E-state index contributed by atoms with van der Waals surface area (Å²) >= 11 is 3.54. The molecule has 0 aliphatic heterocycles. The summed E-state index contributed by atoms with van der Waals surface area (Å²) in [5, 5.41) is 0. The lowest BCUT2D eigenvalue weighted by Gasteiger charge is -2.09. The van der Waals surface area contributed by atoms with Crippen molar-refractivity contribution in [3.05, 3.63) is 34.3 Å². The zero-order valence-corrected chi connectivity index (χ0v) is 11.0. The van der Waals surface area contributed by atoms with E-state index in [1.165, 1.54) is 25.7 Å². The van der Waals surface area contributed by atoms with E-state index in [1.807, 2.05) is 18.2 Å². The smallest absolute Gasteiger partial charge is 0.170 e. The topological polar surface area (TPSA) is 34.4 Å². The Kier molecular flexibility index (Phi) is 2.74. The van der Waals surface area contributed by atoms with Gasteiger partial charge in [-0.25, -0.2) is 4.98 Å². The van der Waals surface area contributed by atoms with Crippen molar-refractivity contribution in [1.82, 2.24) is 9.38 Å². The molecule has 0 unspecified atom stereocenters. The van der Waals surface area contributed by atoms with Crippen LogP contribution in [0.15, 0.2) is 22.8 Å². The predicted octanol–water partition coefficient (Wildman–Crippen LogP) is 3.57. The van der Waals surface area contributed by atoms with Gasteiger partial charge in [-0.15, -0.1) is 0 Å². The number of aromatic nitrogens is 2. The molecule has 0 atom stereocenters. The summed E-state index contributed by atoms with van der Waals surface area (Å²) in [5.74, 6) is 1.53. The third-order valence-electron chi connectivity index (χ3n) is 3.50. The Balaban J connectivity index is 2.26. The number of hydrogen-bond donors (Lipinski definition) is 0. The molecule has 88 valence electrons. The molecule has 17 heavy (non-hydrogen) atoms. The van der Waals surface area contributed by atoms with E-state index < -0.39 is 0 Å². The molecule has 2 aromatic rings. The molecule has 1 aliphatic carbocycles. The maximum atomic E-state index is 11.1. The molecule has 0 radical (unpaired) electrons. The Bertz CT molecular complexity index is 570. The molecule has 4 heteroatoms. The average Bonchev–Trinajstić information content (AvgIpc) is 2.95. The number of carbonyl (C=O) groups is 1. The van der Waals surface area contributed by atoms with Crippen molar-refractivity contribution in [2.45, 2.75) is 31.6 Å². The molecule has 2 heterocycles. The fraction of sp³-hybridized carbons (Fsp3) is 0.385. The third kappa shape index (κ3) is 1.71. The fourth-order valence-corrected chi connectivity index (χ4v) is 3.22. The van der Waals surface area contributed by atoms with Crippen LogP contribution >= 0.6 is 15.9 Å². The van der Waals surface area contributed by atoms with E-state index in [0.29, 0.717) is 11.6 Å². The van der Waals surface area contributed by atoms with Gasteiger partial charge in [0.2, 0.25) is 0 Å². The number of imidazole rings is 1. The fourth-order valence-electron chi connectivity index (χ4n) is 2.69. The monoisotopic (exact) mass is 292 g/mol. The Morgan fingerprint density at radius 3 is 2.82 bits per heavy atom. The molecule has 0 amide bonds. The van der Waals surface area contributed by atoms with Crippen LogP contribution in [0.5, 0.6) is 0 Å². The molecule has 2 aromatic heterocycles. The lowest BCUT2D eigenvalue weighted by molar-refractivity contribution is 0.112. The van der Waals surface area contributed by atoms with Crippen molar-refractivity contribution in [1.29, 1.82) is 0 Å². The second-order valence-electron chi connectivity index (χ2n) is 4.52. The van der Waals surface area contributed by atoms with Crippen molar-refractivity contribution < 1.29 is 4.79 Å². The van der Waals surface area contributed by atoms with Crippen molar-refractivity contribution in [2.75, 3.05) is 0 Å². The summed E-state index contributed by atoms with van der Waals surface area (Å²) in [4.78, 5) is 15.6. The molecular formula is C13H13BrN2O. The SMILES string of the molecule is O=Cc1nc(C2CCCC2)n2c(Br)cccc12. The van der Waals surface area contributed by atoms with E-state index >= 15 is 0 Å². The van der Waals surface area contributed by atoms with Gasteiger partial charge >= 0.3 is 0 Å². The number of pyridine rings is 1. The van der Waals surface area contributed by atoms with Gasteiger partial charge in [0.15, 0.2) is 6.29 Å². The predicted molar refractivity (Wildman–Crippen MR) is 69.5 cm³/mol. The van der Waals surface area contributed by atoms with E-state index in [4.69, 9.17) is 0 Å². The molecule has 1 fully saturated rings. The van der Waals surface area contributed by atoms with Gasteiger partial charge in [-0.1, -0.05) is 18.9 Å². The highest BCUT2D eigenvalue weighted by atomic mass is 79.9. The third-order valence-corrected chi connectivity index (χ3v) is 4.12. The average molecular weight is 293 g/mol. The minimum absolute atomic E-state index is 0.495. The zero-order valence-electron chi connectivity index (χ0n) is 9.40. The molecule has 1 saturated carbocycles. The van der Waals surface area contributed by atoms with Crippen LogP contribution in [-0.2, 0) is 0 Å². The minimum atomic E-state index is 0.495. The summed E-state index contributed by atoms with van der Waals surface area (Å²) < 4.78 is 3.04. The van der Waals surface area contributed by atoms with E-state index in [-0.39, 0.29) is 0 Å². The molecule has 0 saturated heterocycles. The normalized spacial score (nSPS) is 16.8. The molecule has 0 spiro atoms. The molecule has 0 bridgehead atoms. The number of fused-ring (bicyclic) bond motifs is 1. The standard InChI is InChI=1S/C13H13BrN2O/c14-12-7-3-6-11-10(8-17)15-13(16(11)12)9-4-1-2-5-9/h3,6-9H,1-2,4-5H2. The van der Waals surface area contributed by atoms with Gasteiger partial charge in [0.1, 0.15) is 11.5 Å². The summed E-state index contributed by atoms with van der Waals surface area (Å²) in [5.41, 5.74) is 1.45. The highest BCUT2D eigenvalue weighted by Crippen LogP contribution is 2.35. The molecule has 3 rings (SSSR count). The second kappa shape index (κ2) is 4.26. The van der Waals surface area contributed by atoms with Crippen molar-refractivity contribution in [3.8, 4) is 0 Å². The van der Waals surface area contributed by atoms with Gasteiger partial charge in [0.05, 0.1) is 10.1 Å². The zero-order chi connectivity index (χ0) is 11.8. The van der Waals surface area contributed by atoms with Crippen LogP contribution in [-0.4, -0.2) is 15.7 Å². The summed E-state index contributed by atoms with van der Waals surface area (Å²) in [6.45, 7) is 0. The van der Waals surface area contributed by atoms with Crippen LogP contribution in [0, 0.1) is 0 Å². The lowest BCUT2D eigenvalue weighted by atomic mass is 10.1. The Hall–Kier alpha value is -1.16. The quantitative estimate of drug-likeness (QED) is 0.626. The Labute approximate surface area is 108 Å². The van der Waals surface area contributed by atoms with Gasteiger partial charge in [0, 0.05) is 5.92 Å². The summed E-state index contributed by atoms with van der Waals surface area (Å²) in [7, 11) is 0. The van der Waals surface area contributed by atoms with Gasteiger partial charge in [-0.2, -0.15) is 0 Å². The minimum Gasteiger partial charge on any atom is -0.296 e. The van der Waals surface area contributed by atoms with Crippen molar-refractivity contribution in [2.24, 2.45) is 0 Å². The summed E-state index contributed by atoms with van der Waals surface area (Å²) in [6.07, 6.45) is 5.73. The maximum absolute atomic E-state index is 11.1.